The molecule has 8 heteroatoms. The highest BCUT2D eigenvalue weighted by atomic mass is 31.0. The van der Waals surface area contributed by atoms with Crippen molar-refractivity contribution in [1.82, 2.24) is 0 Å². The van der Waals surface area contributed by atoms with Gasteiger partial charge in [-0.05, 0) is 74.4 Å². The maximum Gasteiger partial charge on any atom is 0.133 e. The third-order valence-electron chi connectivity index (χ3n) is 6.96. The lowest BCUT2D eigenvalue weighted by Gasteiger charge is -2.27. The summed E-state index contributed by atoms with van der Waals surface area (Å²) in [6, 6.07) is 15.9. The highest BCUT2D eigenvalue weighted by Gasteiger charge is 2.20. The Morgan fingerprint density at radius 3 is 1.94 bits per heavy atom. The molecular formula is C26H35BOP6. The smallest absolute Gasteiger partial charge is 0.133 e. The third-order valence-corrected chi connectivity index (χ3v) is 10.6. The van der Waals surface area contributed by atoms with Crippen LogP contribution in [0.3, 0.4) is 0 Å². The van der Waals surface area contributed by atoms with Gasteiger partial charge >= 0.3 is 0 Å². The first kappa shape index (κ1) is 27.1. The molecular weight excluding hydrogens is 525 g/mol. The van der Waals surface area contributed by atoms with Crippen LogP contribution >= 0.6 is 55.4 Å². The topological polar surface area (TPSA) is 9.23 Å². The Kier molecular flexibility index (Phi) is 9.66. The normalized spacial score (nSPS) is 18.2. The average molecular weight is 560 g/mol. The van der Waals surface area contributed by atoms with Gasteiger partial charge in [0, 0.05) is 17.0 Å². The van der Waals surface area contributed by atoms with Gasteiger partial charge in [-0.2, -0.15) is 0 Å². The summed E-state index contributed by atoms with van der Waals surface area (Å²) in [6.07, 6.45) is 6.22. The zero-order chi connectivity index (χ0) is 24.4. The number of ether oxygens (including phenoxy) is 1. The molecule has 0 aromatic heterocycles. The van der Waals surface area contributed by atoms with Crippen molar-refractivity contribution in [2.24, 2.45) is 0 Å². The molecule has 4 rings (SSSR count). The Bertz CT molecular complexity index is 1140. The quantitative estimate of drug-likeness (QED) is 0.333. The maximum absolute atomic E-state index is 6.24. The summed E-state index contributed by atoms with van der Waals surface area (Å²) in [5.74, 6) is 2.54. The summed E-state index contributed by atoms with van der Waals surface area (Å²) >= 11 is 0. The van der Waals surface area contributed by atoms with Crippen LogP contribution in [-0.4, -0.2) is 14.5 Å². The molecule has 0 amide bonds. The third kappa shape index (κ3) is 6.50. The fraction of sp³-hybridized carbons (Fsp3) is 0.308. The lowest BCUT2D eigenvalue weighted by molar-refractivity contribution is 0.327. The Morgan fingerprint density at radius 1 is 0.735 bits per heavy atom. The van der Waals surface area contributed by atoms with E-state index in [4.69, 9.17) is 4.74 Å². The Morgan fingerprint density at radius 2 is 1.35 bits per heavy atom. The molecule has 3 aromatic rings. The van der Waals surface area contributed by atoms with Crippen molar-refractivity contribution in [3.63, 3.8) is 0 Å². The molecule has 0 heterocycles. The number of benzene rings is 3. The number of rotatable bonds is 6. The average Bonchev–Trinajstić information content (AvgIpc) is 2.79. The lowest BCUT2D eigenvalue weighted by atomic mass is 9.70. The Balaban J connectivity index is 1.47. The molecule has 1 saturated carbocycles. The molecule has 0 radical (unpaired) electrons. The summed E-state index contributed by atoms with van der Waals surface area (Å²) in [4.78, 5) is 0. The second-order valence-electron chi connectivity index (χ2n) is 9.57. The molecule has 0 spiro atoms. The minimum atomic E-state index is 0.649. The predicted octanol–water partition coefficient (Wildman–Crippen LogP) is 3.06. The summed E-state index contributed by atoms with van der Waals surface area (Å²) in [5, 5.41) is 7.12. The summed E-state index contributed by atoms with van der Waals surface area (Å²) < 4.78 is 6.24. The van der Waals surface area contributed by atoms with E-state index in [1.54, 1.807) is 0 Å². The van der Waals surface area contributed by atoms with Crippen molar-refractivity contribution < 1.29 is 4.74 Å². The molecule has 0 saturated heterocycles. The molecule has 1 fully saturated rings. The van der Waals surface area contributed by atoms with Gasteiger partial charge in [-0.15, -0.1) is 55.4 Å². The lowest BCUT2D eigenvalue weighted by Crippen LogP contribution is -2.25. The van der Waals surface area contributed by atoms with Crippen LogP contribution in [0.5, 0.6) is 5.75 Å². The molecule has 1 aliphatic rings. The van der Waals surface area contributed by atoms with Gasteiger partial charge in [0.25, 0.3) is 0 Å². The van der Waals surface area contributed by atoms with Gasteiger partial charge in [-0.25, -0.2) is 0 Å². The Hall–Kier alpha value is 0.105. The zero-order valence-corrected chi connectivity index (χ0v) is 26.7. The van der Waals surface area contributed by atoms with Crippen LogP contribution in [0, 0.1) is 0 Å². The number of hydrogen-bond acceptors (Lipinski definition) is 1. The molecule has 0 N–H and O–H groups in total. The van der Waals surface area contributed by atoms with Crippen LogP contribution in [0.4, 0.5) is 0 Å². The molecule has 3 aromatic carbocycles. The van der Waals surface area contributed by atoms with Gasteiger partial charge in [0.1, 0.15) is 13.6 Å². The van der Waals surface area contributed by atoms with Gasteiger partial charge in [-0.3, -0.25) is 0 Å². The molecule has 178 valence electrons. The van der Waals surface area contributed by atoms with E-state index in [-0.39, 0.29) is 0 Å². The van der Waals surface area contributed by atoms with Gasteiger partial charge in [0.05, 0.1) is 6.61 Å². The standard InChI is InChI=1S/C26H35BOP6/c27-18-4-1-15(2-5-18)16-3-6-19(20(29)11-16)17-12-21(30)25(22(31)13-17)28-8-7-14-9-23(32)26(34)24(33)10-14/h3,6,9-13,15,18H,1-2,4-5,7-8,27,29-34H2. The van der Waals surface area contributed by atoms with Gasteiger partial charge in [0.2, 0.25) is 0 Å². The van der Waals surface area contributed by atoms with E-state index in [0.717, 1.165) is 28.6 Å². The van der Waals surface area contributed by atoms with Crippen molar-refractivity contribution in [2.45, 2.75) is 43.8 Å². The minimum absolute atomic E-state index is 0.649. The van der Waals surface area contributed by atoms with E-state index >= 15 is 0 Å². The summed E-state index contributed by atoms with van der Waals surface area (Å²) in [5.41, 5.74) is 5.28. The second kappa shape index (κ2) is 12.1. The van der Waals surface area contributed by atoms with Crippen molar-refractivity contribution in [1.29, 1.82) is 0 Å². The molecule has 1 aliphatic carbocycles. The van der Waals surface area contributed by atoms with E-state index in [9.17, 15) is 0 Å². The van der Waals surface area contributed by atoms with E-state index in [2.05, 4.69) is 106 Å². The van der Waals surface area contributed by atoms with Gasteiger partial charge in [0.15, 0.2) is 0 Å². The predicted molar refractivity (Wildman–Crippen MR) is 177 cm³/mol. The molecule has 34 heavy (non-hydrogen) atoms. The highest BCUT2D eigenvalue weighted by Crippen LogP contribution is 2.37. The van der Waals surface area contributed by atoms with Gasteiger partial charge < -0.3 is 4.74 Å². The van der Waals surface area contributed by atoms with Crippen molar-refractivity contribution in [2.75, 3.05) is 6.61 Å². The first-order chi connectivity index (χ1) is 16.2. The number of hydrogen-bond donors (Lipinski definition) is 0. The van der Waals surface area contributed by atoms with Gasteiger partial charge in [-0.1, -0.05) is 49.0 Å². The summed E-state index contributed by atoms with van der Waals surface area (Å²) in [7, 11) is 19.5. The van der Waals surface area contributed by atoms with Crippen LogP contribution in [0.2, 0.25) is 5.82 Å². The molecule has 0 bridgehead atoms. The van der Waals surface area contributed by atoms with E-state index in [0.29, 0.717) is 12.5 Å². The fourth-order valence-corrected chi connectivity index (χ4v) is 7.44. The van der Waals surface area contributed by atoms with E-state index in [1.807, 2.05) is 0 Å². The molecule has 6 atom stereocenters. The first-order valence-corrected chi connectivity index (χ1v) is 15.3. The Labute approximate surface area is 220 Å². The second-order valence-corrected chi connectivity index (χ2v) is 13.3. The fourth-order valence-electron chi connectivity index (χ4n) is 4.87. The highest BCUT2D eigenvalue weighted by molar-refractivity contribution is 7.40. The maximum atomic E-state index is 6.24. The largest absolute Gasteiger partial charge is 0.492 e. The first-order valence-electron chi connectivity index (χ1n) is 11.9. The van der Waals surface area contributed by atoms with Crippen molar-refractivity contribution >= 4 is 95.1 Å². The van der Waals surface area contributed by atoms with Crippen LogP contribution in [-0.2, 0) is 6.42 Å². The summed E-state index contributed by atoms with van der Waals surface area (Å²) in [6.45, 7) is 0.649. The molecule has 0 aliphatic heterocycles. The monoisotopic (exact) mass is 560 g/mol. The molecule has 6 unspecified atom stereocenters. The van der Waals surface area contributed by atoms with Crippen molar-refractivity contribution in [3.05, 3.63) is 53.6 Å². The van der Waals surface area contributed by atoms with Crippen LogP contribution in [0.25, 0.3) is 11.1 Å². The van der Waals surface area contributed by atoms with E-state index < -0.39 is 0 Å². The van der Waals surface area contributed by atoms with Crippen LogP contribution in [0.1, 0.15) is 42.7 Å². The van der Waals surface area contributed by atoms with Crippen molar-refractivity contribution in [3.8, 4) is 16.9 Å². The van der Waals surface area contributed by atoms with E-state index in [1.165, 1.54) is 69.2 Å². The molecule has 1 nitrogen and oxygen atoms in total. The minimum Gasteiger partial charge on any atom is -0.492 e. The van der Waals surface area contributed by atoms with Crippen LogP contribution < -0.4 is 36.6 Å². The van der Waals surface area contributed by atoms with Crippen LogP contribution in [0.15, 0.2) is 42.5 Å². The SMILES string of the molecule is BC1CCC(c2ccc(-c3cc(P)c(OCCc4cc(P)c(P)c(P)c4)c(P)c3)c(P)c2)CC1. The zero-order valence-electron chi connectivity index (χ0n) is 19.8.